The molecule has 0 amide bonds. The van der Waals surface area contributed by atoms with Crippen molar-refractivity contribution in [2.75, 3.05) is 25.5 Å². The molecule has 1 heterocycles. The molecule has 0 aliphatic carbocycles. The van der Waals surface area contributed by atoms with E-state index >= 15 is 0 Å². The van der Waals surface area contributed by atoms with Crippen LogP contribution in [0.2, 0.25) is 0 Å². The summed E-state index contributed by atoms with van der Waals surface area (Å²) in [7, 11) is 3.86. The Hall–Kier alpha value is -3.28. The van der Waals surface area contributed by atoms with Crippen LogP contribution in [0.5, 0.6) is 0 Å². The zero-order valence-corrected chi connectivity index (χ0v) is 16.6. The number of guanidine groups is 1. The van der Waals surface area contributed by atoms with Crippen molar-refractivity contribution in [2.45, 2.75) is 19.5 Å². The fourth-order valence-electron chi connectivity index (χ4n) is 2.80. The van der Waals surface area contributed by atoms with Crippen molar-refractivity contribution in [3.63, 3.8) is 0 Å². The minimum atomic E-state index is 0.303. The van der Waals surface area contributed by atoms with E-state index in [2.05, 4.69) is 51.6 Å². The van der Waals surface area contributed by atoms with Crippen LogP contribution in [0, 0.1) is 0 Å². The number of aromatic nitrogens is 1. The number of hydrogen-bond acceptors (Lipinski definition) is 4. The summed E-state index contributed by atoms with van der Waals surface area (Å²) in [6, 6.07) is 20.5. The number of likely N-dealkylation sites (N-methyl/N-ethyl adjacent to an activating group) is 1. The van der Waals surface area contributed by atoms with E-state index in [9.17, 15) is 0 Å². The van der Waals surface area contributed by atoms with E-state index < -0.39 is 0 Å². The highest BCUT2D eigenvalue weighted by atomic mass is 16.3. The molecule has 0 radical (unpaired) electrons. The Morgan fingerprint density at radius 1 is 1.07 bits per heavy atom. The van der Waals surface area contributed by atoms with Crippen molar-refractivity contribution in [1.29, 1.82) is 0 Å². The minimum Gasteiger partial charge on any atom is -0.444 e. The van der Waals surface area contributed by atoms with Gasteiger partial charge < -0.3 is 20.0 Å². The molecule has 2 aromatic carbocycles. The Morgan fingerprint density at radius 2 is 1.75 bits per heavy atom. The molecule has 0 fully saturated rings. The molecule has 0 bridgehead atoms. The van der Waals surface area contributed by atoms with Crippen molar-refractivity contribution in [3.05, 3.63) is 72.6 Å². The van der Waals surface area contributed by atoms with Crippen LogP contribution >= 0.6 is 0 Å². The Labute approximate surface area is 166 Å². The second-order valence-electron chi connectivity index (χ2n) is 6.61. The molecule has 6 heteroatoms. The summed E-state index contributed by atoms with van der Waals surface area (Å²) < 4.78 is 5.58. The topological polar surface area (TPSA) is 65.7 Å². The molecule has 3 aromatic rings. The normalized spacial score (nSPS) is 12.5. The second-order valence-corrected chi connectivity index (χ2v) is 6.61. The molecule has 0 spiro atoms. The number of hydrogen-bond donors (Lipinski definition) is 2. The standard InChI is InChI=1S/C22H27N5O/c1-17(27(3)20-12-8-5-9-13-20)14-24-22(23-2)25-15-19-16-28-21(26-19)18-10-6-4-7-11-18/h4-13,16-17H,14-15H2,1-3H3,(H2,23,24,25). The summed E-state index contributed by atoms with van der Waals surface area (Å²) in [6.45, 7) is 3.48. The highest BCUT2D eigenvalue weighted by Gasteiger charge is 2.11. The van der Waals surface area contributed by atoms with E-state index in [1.165, 1.54) is 5.69 Å². The van der Waals surface area contributed by atoms with Crippen molar-refractivity contribution < 1.29 is 4.42 Å². The lowest BCUT2D eigenvalue weighted by Crippen LogP contribution is -2.44. The number of aliphatic imine (C=N–C) groups is 1. The summed E-state index contributed by atoms with van der Waals surface area (Å²) in [5.74, 6) is 1.36. The van der Waals surface area contributed by atoms with Gasteiger partial charge in [-0.2, -0.15) is 0 Å². The van der Waals surface area contributed by atoms with Gasteiger partial charge in [0.25, 0.3) is 0 Å². The third kappa shape index (κ3) is 5.13. The molecule has 2 N–H and O–H groups in total. The predicted molar refractivity (Wildman–Crippen MR) is 114 cm³/mol. The fraction of sp³-hybridized carbons (Fsp3) is 0.273. The SMILES string of the molecule is CN=C(NCc1coc(-c2ccccc2)n1)NCC(C)N(C)c1ccccc1. The largest absolute Gasteiger partial charge is 0.444 e. The molecule has 0 saturated heterocycles. The van der Waals surface area contributed by atoms with Crippen molar-refractivity contribution in [1.82, 2.24) is 15.6 Å². The zero-order chi connectivity index (χ0) is 19.8. The lowest BCUT2D eigenvalue weighted by atomic mass is 10.2. The van der Waals surface area contributed by atoms with Gasteiger partial charge >= 0.3 is 0 Å². The number of benzene rings is 2. The molecule has 3 rings (SSSR count). The molecular formula is C22H27N5O. The Balaban J connectivity index is 1.49. The van der Waals surface area contributed by atoms with Crippen LogP contribution < -0.4 is 15.5 Å². The van der Waals surface area contributed by atoms with Crippen molar-refractivity contribution in [3.8, 4) is 11.5 Å². The molecule has 0 saturated carbocycles. The van der Waals surface area contributed by atoms with Crippen LogP contribution in [0.25, 0.3) is 11.5 Å². The van der Waals surface area contributed by atoms with E-state index in [1.54, 1.807) is 13.3 Å². The number of nitrogens with zero attached hydrogens (tertiary/aromatic N) is 3. The first-order chi connectivity index (χ1) is 13.7. The lowest BCUT2D eigenvalue weighted by molar-refractivity contribution is 0.572. The van der Waals surface area contributed by atoms with Crippen molar-refractivity contribution in [2.24, 2.45) is 4.99 Å². The third-order valence-electron chi connectivity index (χ3n) is 4.62. The van der Waals surface area contributed by atoms with E-state index in [-0.39, 0.29) is 0 Å². The van der Waals surface area contributed by atoms with Crippen LogP contribution in [-0.2, 0) is 6.54 Å². The summed E-state index contributed by atoms with van der Waals surface area (Å²) >= 11 is 0. The first kappa shape index (κ1) is 19.5. The fourth-order valence-corrected chi connectivity index (χ4v) is 2.80. The molecule has 1 aromatic heterocycles. The summed E-state index contributed by atoms with van der Waals surface area (Å²) in [4.78, 5) is 11.1. The maximum atomic E-state index is 5.58. The lowest BCUT2D eigenvalue weighted by Gasteiger charge is -2.27. The number of para-hydroxylation sites is 1. The van der Waals surface area contributed by atoms with E-state index in [0.29, 0.717) is 18.5 Å². The van der Waals surface area contributed by atoms with Gasteiger partial charge in [0.1, 0.15) is 6.26 Å². The predicted octanol–water partition coefficient (Wildman–Crippen LogP) is 3.53. The second kappa shape index (κ2) is 9.60. The van der Waals surface area contributed by atoms with E-state index in [0.717, 1.165) is 23.8 Å². The maximum Gasteiger partial charge on any atom is 0.226 e. The highest BCUT2D eigenvalue weighted by molar-refractivity contribution is 5.79. The van der Waals surface area contributed by atoms with Gasteiger partial charge in [-0.1, -0.05) is 36.4 Å². The van der Waals surface area contributed by atoms with E-state index in [1.807, 2.05) is 48.5 Å². The summed E-state index contributed by atoms with van der Waals surface area (Å²) in [6.07, 6.45) is 1.68. The van der Waals surface area contributed by atoms with E-state index in [4.69, 9.17) is 4.42 Å². The van der Waals surface area contributed by atoms with Gasteiger partial charge in [0.05, 0.1) is 12.2 Å². The van der Waals surface area contributed by atoms with Crippen molar-refractivity contribution >= 4 is 11.6 Å². The van der Waals surface area contributed by atoms with Gasteiger partial charge in [-0.15, -0.1) is 0 Å². The van der Waals surface area contributed by atoms with Crippen LogP contribution in [0.4, 0.5) is 5.69 Å². The first-order valence-electron chi connectivity index (χ1n) is 9.39. The number of nitrogens with one attached hydrogen (secondary N) is 2. The molecule has 28 heavy (non-hydrogen) atoms. The van der Waals surface area contributed by atoms with Gasteiger partial charge in [-0.3, -0.25) is 4.99 Å². The summed E-state index contributed by atoms with van der Waals surface area (Å²) in [5, 5.41) is 6.65. The van der Waals surface area contributed by atoms with Crippen LogP contribution in [0.3, 0.4) is 0 Å². The van der Waals surface area contributed by atoms with Crippen LogP contribution in [0.15, 0.2) is 76.3 Å². The quantitative estimate of drug-likeness (QED) is 0.487. The average Bonchev–Trinajstić information content (AvgIpc) is 3.23. The van der Waals surface area contributed by atoms with Crippen LogP contribution in [-0.4, -0.2) is 37.6 Å². The zero-order valence-electron chi connectivity index (χ0n) is 16.6. The van der Waals surface area contributed by atoms with Gasteiger partial charge in [0.2, 0.25) is 5.89 Å². The Kier molecular flexibility index (Phi) is 6.68. The molecule has 146 valence electrons. The van der Waals surface area contributed by atoms with Gasteiger partial charge in [0.15, 0.2) is 5.96 Å². The molecule has 6 nitrogen and oxygen atoms in total. The summed E-state index contributed by atoms with van der Waals surface area (Å²) in [5.41, 5.74) is 2.99. The molecule has 0 aliphatic rings. The van der Waals surface area contributed by atoms with Gasteiger partial charge in [0, 0.05) is 37.9 Å². The monoisotopic (exact) mass is 377 g/mol. The number of anilines is 1. The smallest absolute Gasteiger partial charge is 0.226 e. The Morgan fingerprint density at radius 3 is 2.43 bits per heavy atom. The highest BCUT2D eigenvalue weighted by Crippen LogP contribution is 2.17. The molecule has 1 unspecified atom stereocenters. The third-order valence-corrected chi connectivity index (χ3v) is 4.62. The van der Waals surface area contributed by atoms with Crippen LogP contribution in [0.1, 0.15) is 12.6 Å². The minimum absolute atomic E-state index is 0.303. The number of rotatable bonds is 7. The molecule has 0 aliphatic heterocycles. The first-order valence-corrected chi connectivity index (χ1v) is 9.39. The van der Waals surface area contributed by atoms with Gasteiger partial charge in [-0.05, 0) is 31.2 Å². The maximum absolute atomic E-state index is 5.58. The molecule has 1 atom stereocenters. The number of oxazole rings is 1. The average molecular weight is 377 g/mol. The Bertz CT molecular complexity index is 876. The molecular weight excluding hydrogens is 350 g/mol. The van der Waals surface area contributed by atoms with Gasteiger partial charge in [-0.25, -0.2) is 4.98 Å².